The van der Waals surface area contributed by atoms with Crippen molar-refractivity contribution in [2.45, 2.75) is 0 Å². The highest BCUT2D eigenvalue weighted by atomic mass is 35.5. The van der Waals surface area contributed by atoms with Gasteiger partial charge in [0.2, 0.25) is 0 Å². The van der Waals surface area contributed by atoms with Gasteiger partial charge >= 0.3 is 11.8 Å². The van der Waals surface area contributed by atoms with Crippen molar-refractivity contribution in [3.8, 4) is 5.75 Å². The lowest BCUT2D eigenvalue weighted by atomic mass is 10.2. The van der Waals surface area contributed by atoms with Crippen LogP contribution < -0.4 is 10.6 Å². The van der Waals surface area contributed by atoms with Crippen molar-refractivity contribution in [2.75, 3.05) is 10.6 Å². The summed E-state index contributed by atoms with van der Waals surface area (Å²) in [6.45, 7) is 0. The number of aromatic amines is 1. The first-order valence-corrected chi connectivity index (χ1v) is 6.95. The molecular formula is C15H11ClN4O3. The highest BCUT2D eigenvalue weighted by Gasteiger charge is 2.16. The third-order valence-corrected chi connectivity index (χ3v) is 3.33. The van der Waals surface area contributed by atoms with Crippen LogP contribution in [0.1, 0.15) is 0 Å². The molecule has 2 amide bonds. The molecule has 0 fully saturated rings. The molecule has 0 spiro atoms. The van der Waals surface area contributed by atoms with Crippen molar-refractivity contribution >= 4 is 45.8 Å². The lowest BCUT2D eigenvalue weighted by molar-refractivity contribution is -0.133. The van der Waals surface area contributed by atoms with E-state index in [2.05, 4.69) is 20.6 Å². The average Bonchev–Trinajstić information content (AvgIpc) is 2.98. The summed E-state index contributed by atoms with van der Waals surface area (Å²) < 4.78 is 0. The van der Waals surface area contributed by atoms with E-state index in [0.29, 0.717) is 10.7 Å². The summed E-state index contributed by atoms with van der Waals surface area (Å²) in [5.41, 5.74) is 1.98. The Bertz CT molecular complexity index is 907. The Morgan fingerprint density at radius 1 is 1.09 bits per heavy atom. The number of phenolic OH excluding ortho intramolecular Hbond substituents is 1. The molecule has 7 nitrogen and oxygen atoms in total. The summed E-state index contributed by atoms with van der Waals surface area (Å²) in [6.07, 6.45) is 1.53. The molecular weight excluding hydrogens is 320 g/mol. The molecule has 0 aliphatic heterocycles. The van der Waals surface area contributed by atoms with Crippen LogP contribution in [-0.2, 0) is 9.59 Å². The van der Waals surface area contributed by atoms with E-state index in [-0.39, 0.29) is 11.4 Å². The lowest BCUT2D eigenvalue weighted by Crippen LogP contribution is -2.29. The van der Waals surface area contributed by atoms with Crippen LogP contribution in [0, 0.1) is 0 Å². The summed E-state index contributed by atoms with van der Waals surface area (Å²) in [6, 6.07) is 9.13. The van der Waals surface area contributed by atoms with E-state index in [9.17, 15) is 14.7 Å². The molecule has 8 heteroatoms. The highest BCUT2D eigenvalue weighted by molar-refractivity contribution is 6.44. The molecule has 23 heavy (non-hydrogen) atoms. The Hall–Kier alpha value is -3.06. The maximum atomic E-state index is 11.9. The van der Waals surface area contributed by atoms with Gasteiger partial charge in [-0.15, -0.1) is 0 Å². The van der Waals surface area contributed by atoms with Crippen molar-refractivity contribution in [1.82, 2.24) is 9.97 Å². The van der Waals surface area contributed by atoms with E-state index >= 15 is 0 Å². The van der Waals surface area contributed by atoms with Gasteiger partial charge < -0.3 is 20.7 Å². The molecule has 0 bridgehead atoms. The van der Waals surface area contributed by atoms with Crippen LogP contribution in [-0.4, -0.2) is 26.9 Å². The maximum Gasteiger partial charge on any atom is 0.314 e. The van der Waals surface area contributed by atoms with E-state index in [1.165, 1.54) is 24.5 Å². The van der Waals surface area contributed by atoms with Crippen molar-refractivity contribution < 1.29 is 14.7 Å². The van der Waals surface area contributed by atoms with Crippen LogP contribution in [0.5, 0.6) is 5.75 Å². The third-order valence-electron chi connectivity index (χ3n) is 3.09. The topological polar surface area (TPSA) is 107 Å². The van der Waals surface area contributed by atoms with Crippen LogP contribution in [0.2, 0.25) is 5.02 Å². The average molecular weight is 331 g/mol. The first kappa shape index (κ1) is 14.9. The molecule has 0 saturated heterocycles. The number of hydrogen-bond acceptors (Lipinski definition) is 4. The number of aromatic nitrogens is 2. The van der Waals surface area contributed by atoms with E-state index < -0.39 is 11.8 Å². The van der Waals surface area contributed by atoms with Crippen molar-refractivity contribution in [1.29, 1.82) is 0 Å². The van der Waals surface area contributed by atoms with Crippen LogP contribution in [0.3, 0.4) is 0 Å². The minimum Gasteiger partial charge on any atom is -0.506 e. The fourth-order valence-corrected chi connectivity index (χ4v) is 2.16. The van der Waals surface area contributed by atoms with Gasteiger partial charge in [0.15, 0.2) is 0 Å². The number of benzene rings is 2. The second-order valence-corrected chi connectivity index (χ2v) is 5.14. The molecule has 2 aromatic carbocycles. The molecule has 1 heterocycles. The standard InChI is InChI=1S/C15H11ClN4O3/c16-8-1-4-13(21)12(5-8)20-15(23)14(22)19-9-2-3-10-11(6-9)18-7-17-10/h1-7,21H,(H,17,18)(H,19,22)(H,20,23). The number of hydrogen-bond donors (Lipinski definition) is 4. The van der Waals surface area contributed by atoms with Gasteiger partial charge in [0, 0.05) is 10.7 Å². The number of carbonyl (C=O) groups excluding carboxylic acids is 2. The number of nitrogens with one attached hydrogen (secondary N) is 3. The van der Waals surface area contributed by atoms with E-state index in [1.54, 1.807) is 18.2 Å². The monoisotopic (exact) mass is 330 g/mol. The van der Waals surface area contributed by atoms with E-state index in [0.717, 1.165) is 11.0 Å². The molecule has 0 unspecified atom stereocenters. The molecule has 116 valence electrons. The highest BCUT2D eigenvalue weighted by Crippen LogP contribution is 2.26. The molecule has 0 radical (unpaired) electrons. The number of aromatic hydroxyl groups is 1. The molecule has 0 aliphatic carbocycles. The smallest absolute Gasteiger partial charge is 0.314 e. The van der Waals surface area contributed by atoms with Gasteiger partial charge in [-0.05, 0) is 36.4 Å². The fourth-order valence-electron chi connectivity index (χ4n) is 1.99. The first-order valence-electron chi connectivity index (χ1n) is 6.57. The number of phenols is 1. The zero-order valence-corrected chi connectivity index (χ0v) is 12.4. The van der Waals surface area contributed by atoms with E-state index in [4.69, 9.17) is 11.6 Å². The first-order chi connectivity index (χ1) is 11.0. The van der Waals surface area contributed by atoms with Gasteiger partial charge in [-0.2, -0.15) is 0 Å². The molecule has 0 saturated carbocycles. The van der Waals surface area contributed by atoms with Crippen LogP contribution in [0.4, 0.5) is 11.4 Å². The fraction of sp³-hybridized carbons (Fsp3) is 0. The quantitative estimate of drug-likeness (QED) is 0.427. The van der Waals surface area contributed by atoms with Crippen LogP contribution in [0.25, 0.3) is 11.0 Å². The van der Waals surface area contributed by atoms with Gasteiger partial charge in [-0.25, -0.2) is 4.98 Å². The largest absolute Gasteiger partial charge is 0.506 e. The second kappa shape index (κ2) is 5.98. The lowest BCUT2D eigenvalue weighted by Gasteiger charge is -2.08. The number of carbonyl (C=O) groups is 2. The van der Waals surface area contributed by atoms with Gasteiger partial charge in [0.05, 0.1) is 23.0 Å². The summed E-state index contributed by atoms with van der Waals surface area (Å²) in [4.78, 5) is 30.8. The van der Waals surface area contributed by atoms with Crippen LogP contribution in [0.15, 0.2) is 42.7 Å². The molecule has 4 N–H and O–H groups in total. The predicted octanol–water partition coefficient (Wildman–Crippen LogP) is 2.50. The molecule has 3 rings (SSSR count). The van der Waals surface area contributed by atoms with Crippen molar-refractivity contribution in [3.05, 3.63) is 47.7 Å². The second-order valence-electron chi connectivity index (χ2n) is 4.70. The SMILES string of the molecule is O=C(Nc1ccc2nc[nH]c2c1)C(=O)Nc1cc(Cl)ccc1O. The summed E-state index contributed by atoms with van der Waals surface area (Å²) in [7, 11) is 0. The third kappa shape index (κ3) is 3.24. The number of nitrogens with zero attached hydrogens (tertiary/aromatic N) is 1. The summed E-state index contributed by atoms with van der Waals surface area (Å²) >= 11 is 5.78. The Balaban J connectivity index is 1.72. The number of anilines is 2. The zero-order valence-electron chi connectivity index (χ0n) is 11.6. The predicted molar refractivity (Wildman–Crippen MR) is 86.5 cm³/mol. The molecule has 3 aromatic rings. The van der Waals surface area contributed by atoms with Gasteiger partial charge in [0.25, 0.3) is 0 Å². The summed E-state index contributed by atoms with van der Waals surface area (Å²) in [5, 5.41) is 14.7. The number of imidazole rings is 1. The number of fused-ring (bicyclic) bond motifs is 1. The normalized spacial score (nSPS) is 10.5. The van der Waals surface area contributed by atoms with Crippen molar-refractivity contribution in [2.24, 2.45) is 0 Å². The Kier molecular flexibility index (Phi) is 3.86. The van der Waals surface area contributed by atoms with Gasteiger partial charge in [-0.3, -0.25) is 9.59 Å². The van der Waals surface area contributed by atoms with E-state index in [1.807, 2.05) is 0 Å². The Morgan fingerprint density at radius 3 is 2.70 bits per heavy atom. The van der Waals surface area contributed by atoms with Gasteiger partial charge in [-0.1, -0.05) is 11.6 Å². The molecule has 0 atom stereocenters. The van der Waals surface area contributed by atoms with Gasteiger partial charge in [0.1, 0.15) is 5.75 Å². The number of H-pyrrole nitrogens is 1. The number of amides is 2. The molecule has 1 aromatic heterocycles. The zero-order chi connectivity index (χ0) is 16.4. The maximum absolute atomic E-state index is 11.9. The Labute approximate surface area is 135 Å². The number of rotatable bonds is 2. The minimum atomic E-state index is -0.924. The van der Waals surface area contributed by atoms with Crippen LogP contribution >= 0.6 is 11.6 Å². The Morgan fingerprint density at radius 2 is 1.87 bits per heavy atom. The summed E-state index contributed by atoms with van der Waals surface area (Å²) in [5.74, 6) is -1.98. The molecule has 0 aliphatic rings. The van der Waals surface area contributed by atoms with Crippen molar-refractivity contribution in [3.63, 3.8) is 0 Å². The minimum absolute atomic E-state index is 0.0571. The number of halogens is 1.